The van der Waals surface area contributed by atoms with Crippen LogP contribution in [0.2, 0.25) is 0 Å². The Labute approximate surface area is 166 Å². The van der Waals surface area contributed by atoms with E-state index in [0.717, 1.165) is 12.1 Å². The Kier molecular flexibility index (Phi) is 4.86. The second-order valence-corrected chi connectivity index (χ2v) is 9.15. The molecule has 152 valence electrons. The van der Waals surface area contributed by atoms with E-state index < -0.39 is 32.9 Å². The van der Waals surface area contributed by atoms with E-state index in [1.165, 1.54) is 18.3 Å². The number of para-hydroxylation sites is 1. The van der Waals surface area contributed by atoms with Crippen molar-refractivity contribution in [2.45, 2.75) is 35.8 Å². The summed E-state index contributed by atoms with van der Waals surface area (Å²) in [7, 11) is -3.82. The van der Waals surface area contributed by atoms with Gasteiger partial charge in [0, 0.05) is 23.8 Å². The smallest absolute Gasteiger partial charge is 0.377 e. The zero-order chi connectivity index (χ0) is 20.8. The summed E-state index contributed by atoms with van der Waals surface area (Å²) in [6.07, 6.45) is -3.15. The average Bonchev–Trinajstić information content (AvgIpc) is 3.13. The van der Waals surface area contributed by atoms with Crippen molar-refractivity contribution in [2.24, 2.45) is 0 Å². The van der Waals surface area contributed by atoms with Gasteiger partial charge in [-0.2, -0.15) is 13.2 Å². The van der Waals surface area contributed by atoms with Crippen molar-refractivity contribution in [3.63, 3.8) is 0 Å². The third-order valence-corrected chi connectivity index (χ3v) is 7.66. The summed E-state index contributed by atoms with van der Waals surface area (Å²) in [4.78, 5) is 4.42. The largest absolute Gasteiger partial charge is 0.416 e. The summed E-state index contributed by atoms with van der Waals surface area (Å²) >= 11 is 0. The second kappa shape index (κ2) is 7.11. The Balaban J connectivity index is 1.95. The van der Waals surface area contributed by atoms with Crippen LogP contribution in [0.3, 0.4) is 0 Å². The van der Waals surface area contributed by atoms with Crippen LogP contribution in [-0.2, 0) is 20.8 Å². The van der Waals surface area contributed by atoms with Crippen molar-refractivity contribution in [3.05, 3.63) is 60.3 Å². The first-order valence-electron chi connectivity index (χ1n) is 9.10. The normalized spacial score (nSPS) is 20.3. The van der Waals surface area contributed by atoms with Crippen molar-refractivity contribution in [1.29, 1.82) is 0 Å². The fraction of sp³-hybridized carbons (Fsp3) is 0.286. The third-order valence-electron chi connectivity index (χ3n) is 5.24. The van der Waals surface area contributed by atoms with Crippen LogP contribution in [0.5, 0.6) is 0 Å². The summed E-state index contributed by atoms with van der Waals surface area (Å²) in [6.45, 7) is 2.07. The second-order valence-electron chi connectivity index (χ2n) is 7.04. The first-order chi connectivity index (χ1) is 13.7. The van der Waals surface area contributed by atoms with E-state index in [0.29, 0.717) is 29.5 Å². The van der Waals surface area contributed by atoms with Gasteiger partial charge in [0.15, 0.2) is 9.84 Å². The lowest BCUT2D eigenvalue weighted by Gasteiger charge is -2.19. The molecule has 2 unspecified atom stereocenters. The number of rotatable bonds is 3. The molecule has 2 atom stereocenters. The molecule has 0 aliphatic carbocycles. The number of sulfone groups is 1. The zero-order valence-electron chi connectivity index (χ0n) is 15.5. The maximum absolute atomic E-state index is 13.6. The molecule has 4 nitrogen and oxygen atoms in total. The Hall–Kier alpha value is -2.45. The van der Waals surface area contributed by atoms with Gasteiger partial charge in [-0.05, 0) is 37.1 Å². The quantitative estimate of drug-likeness (QED) is 0.605. The zero-order valence-corrected chi connectivity index (χ0v) is 16.3. The van der Waals surface area contributed by atoms with Crippen LogP contribution in [0.15, 0.2) is 59.6 Å². The Morgan fingerprint density at radius 2 is 1.76 bits per heavy atom. The highest BCUT2D eigenvalue weighted by molar-refractivity contribution is 7.92. The van der Waals surface area contributed by atoms with Crippen LogP contribution in [-0.4, -0.2) is 31.4 Å². The van der Waals surface area contributed by atoms with E-state index in [4.69, 9.17) is 4.74 Å². The van der Waals surface area contributed by atoms with Crippen LogP contribution in [0.25, 0.3) is 22.0 Å². The molecule has 0 radical (unpaired) electrons. The minimum absolute atomic E-state index is 0.0882. The fourth-order valence-electron chi connectivity index (χ4n) is 3.74. The first-order valence-corrected chi connectivity index (χ1v) is 10.6. The molecule has 0 bridgehead atoms. The van der Waals surface area contributed by atoms with Gasteiger partial charge in [-0.15, -0.1) is 0 Å². The number of alkyl halides is 3. The summed E-state index contributed by atoms with van der Waals surface area (Å²) in [6, 6.07) is 11.3. The van der Waals surface area contributed by atoms with E-state index in [2.05, 4.69) is 4.98 Å². The lowest BCUT2D eigenvalue weighted by molar-refractivity contribution is -0.137. The summed E-state index contributed by atoms with van der Waals surface area (Å²) in [5.41, 5.74) is 0.364. The van der Waals surface area contributed by atoms with Crippen molar-refractivity contribution in [2.75, 3.05) is 6.61 Å². The monoisotopic (exact) mass is 421 g/mol. The van der Waals surface area contributed by atoms with Crippen molar-refractivity contribution >= 4 is 20.7 Å². The Morgan fingerprint density at radius 1 is 1.07 bits per heavy atom. The molecule has 2 aromatic carbocycles. The minimum Gasteiger partial charge on any atom is -0.377 e. The van der Waals surface area contributed by atoms with E-state index in [1.807, 2.05) is 0 Å². The average molecular weight is 421 g/mol. The molecule has 0 saturated carbocycles. The van der Waals surface area contributed by atoms with Crippen LogP contribution >= 0.6 is 0 Å². The fourth-order valence-corrected chi connectivity index (χ4v) is 5.99. The molecule has 1 aliphatic rings. The molecule has 1 aromatic heterocycles. The maximum atomic E-state index is 13.6. The number of ether oxygens (including phenoxy) is 1. The molecule has 0 N–H and O–H groups in total. The van der Waals surface area contributed by atoms with Gasteiger partial charge in [0.2, 0.25) is 0 Å². The molecule has 4 rings (SSSR count). The predicted octanol–water partition coefficient (Wildman–Crippen LogP) is 4.87. The van der Waals surface area contributed by atoms with Gasteiger partial charge in [-0.25, -0.2) is 8.42 Å². The number of halogens is 3. The molecule has 2 heterocycles. The predicted molar refractivity (Wildman–Crippen MR) is 103 cm³/mol. The van der Waals surface area contributed by atoms with Crippen molar-refractivity contribution in [3.8, 4) is 11.1 Å². The number of nitrogens with zero attached hydrogens (tertiary/aromatic N) is 1. The molecule has 1 saturated heterocycles. The maximum Gasteiger partial charge on any atom is 0.416 e. The number of hydrogen-bond acceptors (Lipinski definition) is 4. The topological polar surface area (TPSA) is 56.3 Å². The summed E-state index contributed by atoms with van der Waals surface area (Å²) < 4.78 is 71.4. The first kappa shape index (κ1) is 19.8. The van der Waals surface area contributed by atoms with Crippen LogP contribution < -0.4 is 0 Å². The van der Waals surface area contributed by atoms with Gasteiger partial charge in [0.25, 0.3) is 0 Å². The van der Waals surface area contributed by atoms with Gasteiger partial charge in [0.1, 0.15) is 0 Å². The lowest BCUT2D eigenvalue weighted by Crippen LogP contribution is -2.28. The van der Waals surface area contributed by atoms with E-state index in [-0.39, 0.29) is 10.5 Å². The highest BCUT2D eigenvalue weighted by atomic mass is 32.2. The van der Waals surface area contributed by atoms with Crippen LogP contribution in [0.4, 0.5) is 13.2 Å². The molecular weight excluding hydrogens is 403 g/mol. The molecular formula is C21H18F3NO3S. The number of benzene rings is 2. The standard InChI is InChI=1S/C21H18F3NO3S/c1-13-19(10-11-28-13)29(26,27)20-16-4-2-3-5-18(16)25-12-17(20)14-6-8-15(9-7-14)21(22,23)24/h2-9,12-13,19H,10-11H2,1H3. The summed E-state index contributed by atoms with van der Waals surface area (Å²) in [5.74, 6) is 0. The molecule has 0 spiro atoms. The Morgan fingerprint density at radius 3 is 2.38 bits per heavy atom. The molecule has 29 heavy (non-hydrogen) atoms. The van der Waals surface area contributed by atoms with E-state index in [9.17, 15) is 21.6 Å². The lowest BCUT2D eigenvalue weighted by atomic mass is 10.0. The van der Waals surface area contributed by atoms with Gasteiger partial charge in [-0.1, -0.05) is 30.3 Å². The number of aromatic nitrogens is 1. The third kappa shape index (κ3) is 3.51. The molecule has 3 aromatic rings. The van der Waals surface area contributed by atoms with Gasteiger partial charge < -0.3 is 4.74 Å². The van der Waals surface area contributed by atoms with Gasteiger partial charge in [0.05, 0.1) is 27.3 Å². The highest BCUT2D eigenvalue weighted by Crippen LogP contribution is 2.38. The molecule has 8 heteroatoms. The number of hydrogen-bond donors (Lipinski definition) is 0. The highest BCUT2D eigenvalue weighted by Gasteiger charge is 2.39. The summed E-state index contributed by atoms with van der Waals surface area (Å²) in [5, 5.41) is -0.273. The van der Waals surface area contributed by atoms with E-state index in [1.54, 1.807) is 31.2 Å². The van der Waals surface area contributed by atoms with E-state index >= 15 is 0 Å². The van der Waals surface area contributed by atoms with Crippen molar-refractivity contribution < 1.29 is 26.3 Å². The number of fused-ring (bicyclic) bond motifs is 1. The van der Waals surface area contributed by atoms with Gasteiger partial charge in [-0.3, -0.25) is 4.98 Å². The van der Waals surface area contributed by atoms with Gasteiger partial charge >= 0.3 is 6.18 Å². The Bertz CT molecular complexity index is 1160. The van der Waals surface area contributed by atoms with Crippen molar-refractivity contribution in [1.82, 2.24) is 4.98 Å². The van der Waals surface area contributed by atoms with Crippen LogP contribution in [0, 0.1) is 0 Å². The SMILES string of the molecule is CC1OCCC1S(=O)(=O)c1c(-c2ccc(C(F)(F)F)cc2)cnc2ccccc12. The van der Waals surface area contributed by atoms with Crippen LogP contribution in [0.1, 0.15) is 18.9 Å². The molecule has 1 aliphatic heterocycles. The molecule has 1 fully saturated rings. The minimum atomic E-state index is -4.47. The number of pyridine rings is 1. The molecule has 0 amide bonds.